The molecule has 6 nitrogen and oxygen atoms in total. The molecular formula is C17H25N2O4+. The summed E-state index contributed by atoms with van der Waals surface area (Å²) in [7, 11) is 3.04. The maximum absolute atomic E-state index is 12.1. The molecule has 0 radical (unpaired) electrons. The number of ether oxygens (including phenoxy) is 2. The van der Waals surface area contributed by atoms with Gasteiger partial charge in [-0.3, -0.25) is 9.59 Å². The first kappa shape index (κ1) is 17.3. The summed E-state index contributed by atoms with van der Waals surface area (Å²) in [5.74, 6) is 0.645. The van der Waals surface area contributed by atoms with Gasteiger partial charge in [0, 0.05) is 24.9 Å². The highest BCUT2D eigenvalue weighted by Gasteiger charge is 2.28. The summed E-state index contributed by atoms with van der Waals surface area (Å²) in [5.41, 5.74) is 0.961. The highest BCUT2D eigenvalue weighted by Crippen LogP contribution is 2.16. The molecule has 1 aliphatic heterocycles. The van der Waals surface area contributed by atoms with Crippen molar-refractivity contribution < 1.29 is 24.0 Å². The Bertz CT molecular complexity index is 539. The summed E-state index contributed by atoms with van der Waals surface area (Å²) >= 11 is 0. The van der Waals surface area contributed by atoms with Crippen LogP contribution in [0.1, 0.15) is 18.4 Å². The Hall–Kier alpha value is -2.08. The Morgan fingerprint density at radius 2 is 1.91 bits per heavy atom. The first-order chi connectivity index (χ1) is 11.1. The van der Waals surface area contributed by atoms with Gasteiger partial charge in [-0.2, -0.15) is 0 Å². The second kappa shape index (κ2) is 8.53. The van der Waals surface area contributed by atoms with Crippen LogP contribution in [0.4, 0.5) is 0 Å². The van der Waals surface area contributed by atoms with E-state index < -0.39 is 0 Å². The van der Waals surface area contributed by atoms with E-state index in [0.29, 0.717) is 13.1 Å². The van der Waals surface area contributed by atoms with E-state index in [0.717, 1.165) is 37.2 Å². The molecule has 6 heteroatoms. The lowest BCUT2D eigenvalue weighted by Gasteiger charge is -2.27. The van der Waals surface area contributed by atoms with Gasteiger partial charge in [0.15, 0.2) is 6.54 Å². The smallest absolute Gasteiger partial charge is 0.309 e. The zero-order valence-electron chi connectivity index (χ0n) is 13.8. The molecule has 1 aromatic carbocycles. The van der Waals surface area contributed by atoms with Crippen molar-refractivity contribution in [1.82, 2.24) is 5.32 Å². The van der Waals surface area contributed by atoms with Gasteiger partial charge in [0.2, 0.25) is 0 Å². The minimum atomic E-state index is -0.135. The first-order valence-electron chi connectivity index (χ1n) is 7.94. The van der Waals surface area contributed by atoms with Crippen molar-refractivity contribution in [2.45, 2.75) is 19.4 Å². The molecule has 0 saturated carbocycles. The zero-order chi connectivity index (χ0) is 16.7. The number of piperidine rings is 1. The molecule has 0 unspecified atom stereocenters. The first-order valence-corrected chi connectivity index (χ1v) is 7.94. The largest absolute Gasteiger partial charge is 0.496 e. The number of amides is 1. The van der Waals surface area contributed by atoms with Crippen LogP contribution >= 0.6 is 0 Å². The Kier molecular flexibility index (Phi) is 6.40. The molecule has 1 aliphatic rings. The molecule has 2 rings (SSSR count). The van der Waals surface area contributed by atoms with Gasteiger partial charge in [0.05, 0.1) is 33.2 Å². The lowest BCUT2D eigenvalue weighted by molar-refractivity contribution is -0.897. The van der Waals surface area contributed by atoms with Crippen LogP contribution < -0.4 is 15.0 Å². The van der Waals surface area contributed by atoms with E-state index in [1.165, 1.54) is 12.0 Å². The third kappa shape index (κ3) is 4.96. The van der Waals surface area contributed by atoms with Gasteiger partial charge < -0.3 is 19.7 Å². The molecule has 1 heterocycles. The van der Waals surface area contributed by atoms with Crippen LogP contribution in [0.5, 0.6) is 5.75 Å². The van der Waals surface area contributed by atoms with Gasteiger partial charge in [-0.1, -0.05) is 18.2 Å². The van der Waals surface area contributed by atoms with Gasteiger partial charge in [-0.25, -0.2) is 0 Å². The summed E-state index contributed by atoms with van der Waals surface area (Å²) in [6.07, 6.45) is 1.56. The van der Waals surface area contributed by atoms with E-state index in [1.807, 2.05) is 24.3 Å². The molecule has 1 amide bonds. The maximum atomic E-state index is 12.1. The van der Waals surface area contributed by atoms with Gasteiger partial charge in [0.1, 0.15) is 5.75 Å². The van der Waals surface area contributed by atoms with Gasteiger partial charge in [-0.15, -0.1) is 0 Å². The second-order valence-electron chi connectivity index (χ2n) is 5.81. The van der Waals surface area contributed by atoms with Crippen molar-refractivity contribution in [2.75, 3.05) is 33.9 Å². The number of para-hydroxylation sites is 1. The van der Waals surface area contributed by atoms with Crippen LogP contribution in [0.2, 0.25) is 0 Å². The molecule has 2 N–H and O–H groups in total. The number of benzene rings is 1. The molecule has 23 heavy (non-hydrogen) atoms. The average Bonchev–Trinajstić information content (AvgIpc) is 2.60. The van der Waals surface area contributed by atoms with Crippen molar-refractivity contribution in [3.8, 4) is 5.75 Å². The molecular weight excluding hydrogens is 296 g/mol. The van der Waals surface area contributed by atoms with Crippen LogP contribution in [0.3, 0.4) is 0 Å². The fraction of sp³-hybridized carbons (Fsp3) is 0.529. The summed E-state index contributed by atoms with van der Waals surface area (Å²) in [4.78, 5) is 24.8. The van der Waals surface area contributed by atoms with E-state index in [2.05, 4.69) is 5.32 Å². The van der Waals surface area contributed by atoms with Crippen molar-refractivity contribution in [2.24, 2.45) is 5.92 Å². The van der Waals surface area contributed by atoms with Crippen LogP contribution in [0.25, 0.3) is 0 Å². The van der Waals surface area contributed by atoms with Gasteiger partial charge in [0.25, 0.3) is 5.91 Å². The van der Waals surface area contributed by atoms with E-state index in [1.54, 1.807) is 7.11 Å². The van der Waals surface area contributed by atoms with E-state index >= 15 is 0 Å². The molecule has 0 atom stereocenters. The number of esters is 1. The van der Waals surface area contributed by atoms with Crippen LogP contribution in [0, 0.1) is 5.92 Å². The molecule has 1 fully saturated rings. The molecule has 1 aromatic rings. The predicted octanol–water partition coefficient (Wildman–Crippen LogP) is -0.221. The van der Waals surface area contributed by atoms with E-state index in [9.17, 15) is 9.59 Å². The van der Waals surface area contributed by atoms with E-state index in [4.69, 9.17) is 9.47 Å². The highest BCUT2D eigenvalue weighted by molar-refractivity contribution is 5.77. The van der Waals surface area contributed by atoms with Crippen molar-refractivity contribution in [1.29, 1.82) is 0 Å². The SMILES string of the molecule is COC(=O)C1CC[NH+](CC(=O)NCc2ccccc2OC)CC1. The Balaban J connectivity index is 1.74. The fourth-order valence-corrected chi connectivity index (χ4v) is 2.94. The fourth-order valence-electron chi connectivity index (χ4n) is 2.94. The predicted molar refractivity (Wildman–Crippen MR) is 85.1 cm³/mol. The molecule has 0 aliphatic carbocycles. The molecule has 0 spiro atoms. The number of methoxy groups -OCH3 is 2. The second-order valence-corrected chi connectivity index (χ2v) is 5.81. The van der Waals surface area contributed by atoms with Crippen LogP contribution in [-0.4, -0.2) is 45.7 Å². The minimum absolute atomic E-state index is 0.0135. The minimum Gasteiger partial charge on any atom is -0.496 e. The summed E-state index contributed by atoms with van der Waals surface area (Å²) in [6.45, 7) is 2.54. The number of carbonyl (C=O) groups is 2. The van der Waals surface area contributed by atoms with Crippen molar-refractivity contribution in [3.63, 3.8) is 0 Å². The quantitative estimate of drug-likeness (QED) is 0.711. The normalized spacial score (nSPS) is 20.6. The lowest BCUT2D eigenvalue weighted by Crippen LogP contribution is -3.14. The summed E-state index contributed by atoms with van der Waals surface area (Å²) in [5, 5.41) is 2.93. The number of likely N-dealkylation sites (tertiary alicyclic amines) is 1. The summed E-state index contributed by atoms with van der Waals surface area (Å²) in [6, 6.07) is 7.64. The van der Waals surface area contributed by atoms with E-state index in [-0.39, 0.29) is 17.8 Å². The maximum Gasteiger partial charge on any atom is 0.309 e. The number of carbonyl (C=O) groups excluding carboxylic acids is 2. The lowest BCUT2D eigenvalue weighted by atomic mass is 9.97. The zero-order valence-corrected chi connectivity index (χ0v) is 13.8. The summed E-state index contributed by atoms with van der Waals surface area (Å²) < 4.78 is 10.0. The molecule has 0 aromatic heterocycles. The number of hydrogen-bond donors (Lipinski definition) is 2. The third-order valence-electron chi connectivity index (χ3n) is 4.31. The van der Waals surface area contributed by atoms with Gasteiger partial charge in [-0.05, 0) is 6.07 Å². The number of rotatable bonds is 6. The average molecular weight is 321 g/mol. The molecule has 126 valence electrons. The monoisotopic (exact) mass is 321 g/mol. The number of hydrogen-bond acceptors (Lipinski definition) is 4. The standard InChI is InChI=1S/C17H24N2O4/c1-22-15-6-4-3-5-14(15)11-18-16(20)12-19-9-7-13(8-10-19)17(21)23-2/h3-6,13H,7-12H2,1-2H3,(H,18,20)/p+1. The van der Waals surface area contributed by atoms with Crippen molar-refractivity contribution >= 4 is 11.9 Å². The van der Waals surface area contributed by atoms with Crippen molar-refractivity contribution in [3.05, 3.63) is 29.8 Å². The number of nitrogens with one attached hydrogen (secondary N) is 2. The number of quaternary nitrogens is 1. The molecule has 0 bridgehead atoms. The van der Waals surface area contributed by atoms with Gasteiger partial charge >= 0.3 is 5.97 Å². The van der Waals surface area contributed by atoms with Crippen LogP contribution in [0.15, 0.2) is 24.3 Å². The highest BCUT2D eigenvalue weighted by atomic mass is 16.5. The Morgan fingerprint density at radius 1 is 1.22 bits per heavy atom. The Morgan fingerprint density at radius 3 is 2.57 bits per heavy atom. The molecule has 1 saturated heterocycles. The Labute approximate surface area is 136 Å². The third-order valence-corrected chi connectivity index (χ3v) is 4.31. The topological polar surface area (TPSA) is 69.1 Å². The van der Waals surface area contributed by atoms with Crippen LogP contribution in [-0.2, 0) is 20.9 Å².